The first-order chi connectivity index (χ1) is 12.4. The number of carbonyl (C=O) groups excluding carboxylic acids is 1. The van der Waals surface area contributed by atoms with Gasteiger partial charge in [-0.05, 0) is 25.0 Å². The summed E-state index contributed by atoms with van der Waals surface area (Å²) >= 11 is 1.58. The molecule has 8 heteroatoms. The fourth-order valence-corrected chi connectivity index (χ4v) is 3.98. The van der Waals surface area contributed by atoms with Crippen LogP contribution in [0.3, 0.4) is 0 Å². The van der Waals surface area contributed by atoms with Crippen molar-refractivity contribution in [2.45, 2.75) is 38.5 Å². The minimum absolute atomic E-state index is 0.0370. The highest BCUT2D eigenvalue weighted by atomic mass is 32.1. The highest BCUT2D eigenvalue weighted by Gasteiger charge is 2.39. The molecule has 1 aromatic heterocycles. The van der Waals surface area contributed by atoms with Gasteiger partial charge in [0.2, 0.25) is 5.91 Å². The summed E-state index contributed by atoms with van der Waals surface area (Å²) in [6, 6.07) is 6.73. The van der Waals surface area contributed by atoms with E-state index in [0.29, 0.717) is 0 Å². The van der Waals surface area contributed by atoms with Crippen molar-refractivity contribution in [3.8, 4) is 10.4 Å². The molecule has 0 unspecified atom stereocenters. The number of benzene rings is 1. The molecule has 1 fully saturated rings. The molecule has 1 aromatic carbocycles. The monoisotopic (exact) mass is 375 g/mol. The summed E-state index contributed by atoms with van der Waals surface area (Å²) < 4.78 is 0. The Bertz CT molecular complexity index is 805. The number of β-amino-alcohol motifs (C(OH)–C–C–N with tert-alkyl or cyclic N) is 1. The first-order valence-corrected chi connectivity index (χ1v) is 9.23. The molecular weight excluding hydrogens is 354 g/mol. The number of hydrogen-bond acceptors (Lipinski definition) is 5. The van der Waals surface area contributed by atoms with Crippen molar-refractivity contribution in [1.29, 1.82) is 0 Å². The molecule has 3 N–H and O–H groups in total. The second-order valence-electron chi connectivity index (χ2n) is 6.46. The van der Waals surface area contributed by atoms with E-state index in [2.05, 4.69) is 10.3 Å². The van der Waals surface area contributed by atoms with Gasteiger partial charge in [0.25, 0.3) is 0 Å². The van der Waals surface area contributed by atoms with E-state index >= 15 is 0 Å². The third kappa shape index (κ3) is 3.71. The van der Waals surface area contributed by atoms with Gasteiger partial charge >= 0.3 is 6.09 Å². The minimum atomic E-state index is -1.20. The van der Waals surface area contributed by atoms with E-state index in [1.807, 2.05) is 43.6 Å². The number of carboxylic acid groups (broad SMARTS) is 1. The normalized spacial score (nSPS) is 20.8. The molecule has 1 aliphatic rings. The number of thiazole rings is 1. The number of hydrogen-bond donors (Lipinski definition) is 3. The molecule has 26 heavy (non-hydrogen) atoms. The van der Waals surface area contributed by atoms with Crippen molar-refractivity contribution in [2.24, 2.45) is 0 Å². The molecular formula is C18H21N3O4S. The van der Waals surface area contributed by atoms with Gasteiger partial charge in [0.1, 0.15) is 6.04 Å². The molecule has 0 aliphatic carbocycles. The maximum Gasteiger partial charge on any atom is 0.408 e. The zero-order chi connectivity index (χ0) is 18.8. The summed E-state index contributed by atoms with van der Waals surface area (Å²) in [6.07, 6.45) is -1.88. The molecule has 0 saturated carbocycles. The van der Waals surface area contributed by atoms with Crippen LogP contribution in [0.5, 0.6) is 0 Å². The van der Waals surface area contributed by atoms with Crippen LogP contribution >= 0.6 is 11.3 Å². The Balaban J connectivity index is 1.68. The van der Waals surface area contributed by atoms with Gasteiger partial charge in [-0.1, -0.05) is 24.3 Å². The van der Waals surface area contributed by atoms with E-state index in [9.17, 15) is 19.8 Å². The number of rotatable bonds is 4. The average molecular weight is 375 g/mol. The summed E-state index contributed by atoms with van der Waals surface area (Å²) in [6.45, 7) is 3.78. The van der Waals surface area contributed by atoms with Gasteiger partial charge in [0, 0.05) is 6.42 Å². The quantitative estimate of drug-likeness (QED) is 0.761. The number of amides is 2. The number of aromatic nitrogens is 1. The molecule has 138 valence electrons. The van der Waals surface area contributed by atoms with Gasteiger partial charge in [-0.2, -0.15) is 0 Å². The number of carbonyl (C=O) groups is 2. The molecule has 3 rings (SSSR count). The Labute approximate surface area is 155 Å². The smallest absolute Gasteiger partial charge is 0.408 e. The fourth-order valence-electron chi connectivity index (χ4n) is 3.17. The van der Waals surface area contributed by atoms with Crippen LogP contribution in [0, 0.1) is 6.92 Å². The van der Waals surface area contributed by atoms with Crippen LogP contribution in [0.15, 0.2) is 29.8 Å². The minimum Gasteiger partial charge on any atom is -0.465 e. The molecule has 0 spiro atoms. The lowest BCUT2D eigenvalue weighted by Gasteiger charge is -2.23. The van der Waals surface area contributed by atoms with E-state index < -0.39 is 18.2 Å². The van der Waals surface area contributed by atoms with Crippen LogP contribution in [-0.2, 0) is 4.79 Å². The van der Waals surface area contributed by atoms with Crippen LogP contribution in [0.25, 0.3) is 10.4 Å². The van der Waals surface area contributed by atoms with Crippen molar-refractivity contribution in [3.63, 3.8) is 0 Å². The molecule has 7 nitrogen and oxygen atoms in total. The first-order valence-electron chi connectivity index (χ1n) is 8.35. The highest BCUT2D eigenvalue weighted by Crippen LogP contribution is 2.28. The average Bonchev–Trinajstić information content (AvgIpc) is 3.20. The maximum absolute atomic E-state index is 12.5. The van der Waals surface area contributed by atoms with Gasteiger partial charge < -0.3 is 15.5 Å². The van der Waals surface area contributed by atoms with Crippen molar-refractivity contribution in [3.05, 3.63) is 41.0 Å². The lowest BCUT2D eigenvalue weighted by atomic mass is 10.0. The van der Waals surface area contributed by atoms with E-state index in [1.165, 1.54) is 0 Å². The summed E-state index contributed by atoms with van der Waals surface area (Å²) in [5.74, 6) is -0.390. The molecule has 3 atom stereocenters. The molecule has 1 aliphatic heterocycles. The zero-order valence-electron chi connectivity index (χ0n) is 14.5. The van der Waals surface area contributed by atoms with E-state index in [-0.39, 0.29) is 24.9 Å². The van der Waals surface area contributed by atoms with Crippen molar-refractivity contribution in [1.82, 2.24) is 15.2 Å². The second-order valence-corrected chi connectivity index (χ2v) is 7.31. The zero-order valence-corrected chi connectivity index (χ0v) is 15.4. The maximum atomic E-state index is 12.5. The molecule has 2 aromatic rings. The first kappa shape index (κ1) is 18.3. The lowest BCUT2D eigenvalue weighted by Crippen LogP contribution is -2.46. The van der Waals surface area contributed by atoms with Gasteiger partial charge in [0.15, 0.2) is 0 Å². The third-order valence-electron chi connectivity index (χ3n) is 4.60. The predicted octanol–water partition coefficient (Wildman–Crippen LogP) is 2.41. The Morgan fingerprint density at radius 3 is 2.62 bits per heavy atom. The largest absolute Gasteiger partial charge is 0.465 e. The Morgan fingerprint density at radius 2 is 2.04 bits per heavy atom. The van der Waals surface area contributed by atoms with Crippen LogP contribution in [-0.4, -0.2) is 50.8 Å². The second kappa shape index (κ2) is 7.43. The van der Waals surface area contributed by atoms with Crippen LogP contribution < -0.4 is 5.32 Å². The summed E-state index contributed by atoms with van der Waals surface area (Å²) in [4.78, 5) is 30.0. The number of aliphatic hydroxyl groups is 1. The van der Waals surface area contributed by atoms with E-state index in [0.717, 1.165) is 26.6 Å². The summed E-state index contributed by atoms with van der Waals surface area (Å²) in [5.41, 5.74) is 4.79. The Morgan fingerprint density at radius 1 is 1.35 bits per heavy atom. The summed E-state index contributed by atoms with van der Waals surface area (Å²) in [7, 11) is 0. The van der Waals surface area contributed by atoms with Gasteiger partial charge in [-0.15, -0.1) is 11.3 Å². The third-order valence-corrected chi connectivity index (χ3v) is 5.58. The van der Waals surface area contributed by atoms with Gasteiger partial charge in [0.05, 0.1) is 34.8 Å². The van der Waals surface area contributed by atoms with Crippen LogP contribution in [0.2, 0.25) is 0 Å². The number of nitrogens with zero attached hydrogens (tertiary/aromatic N) is 2. The molecule has 2 amide bonds. The standard InChI is InChI=1S/C18H21N3O4S/c1-10(20-17(23)15-7-14(22)8-21(15)18(24)25)12-3-5-13(6-4-12)16-11(2)19-9-26-16/h3-6,9-10,14-15,22H,7-8H2,1-2H3,(H,20,23)(H,24,25)/t10-,14-,15-/m0/s1. The molecule has 1 saturated heterocycles. The molecule has 2 heterocycles. The van der Waals surface area contributed by atoms with Crippen molar-refractivity contribution in [2.75, 3.05) is 6.54 Å². The van der Waals surface area contributed by atoms with Crippen molar-refractivity contribution >= 4 is 23.3 Å². The van der Waals surface area contributed by atoms with Crippen molar-refractivity contribution < 1.29 is 19.8 Å². The molecule has 0 radical (unpaired) electrons. The highest BCUT2D eigenvalue weighted by molar-refractivity contribution is 7.13. The number of aryl methyl sites for hydroxylation is 1. The lowest BCUT2D eigenvalue weighted by molar-refractivity contribution is -0.125. The summed E-state index contributed by atoms with van der Waals surface area (Å²) in [5, 5.41) is 21.7. The van der Waals surface area contributed by atoms with Gasteiger partial charge in [-0.25, -0.2) is 9.78 Å². The number of nitrogens with one attached hydrogen (secondary N) is 1. The number of likely N-dealkylation sites (tertiary alicyclic amines) is 1. The van der Waals surface area contributed by atoms with E-state index in [1.54, 1.807) is 11.3 Å². The SMILES string of the molecule is Cc1ncsc1-c1ccc([C@H](C)NC(=O)[C@@H]2C[C@H](O)CN2C(=O)O)cc1. The van der Waals surface area contributed by atoms with Crippen LogP contribution in [0.4, 0.5) is 4.79 Å². The Hall–Kier alpha value is -2.45. The van der Waals surface area contributed by atoms with Gasteiger partial charge in [-0.3, -0.25) is 9.69 Å². The van der Waals surface area contributed by atoms with Crippen LogP contribution in [0.1, 0.15) is 30.6 Å². The molecule has 0 bridgehead atoms. The fraction of sp³-hybridized carbons (Fsp3) is 0.389. The predicted molar refractivity (Wildman–Crippen MR) is 98.0 cm³/mol. The topological polar surface area (TPSA) is 103 Å². The van der Waals surface area contributed by atoms with E-state index in [4.69, 9.17) is 0 Å². The Kier molecular flexibility index (Phi) is 5.24. The number of aliphatic hydroxyl groups excluding tert-OH is 1.